The third kappa shape index (κ3) is 17.9. The van der Waals surface area contributed by atoms with Crippen LogP contribution in [0.5, 0.6) is 0 Å². The molecule has 0 rings (SSSR count). The fourth-order valence-corrected chi connectivity index (χ4v) is 2.47. The number of aliphatic hydroxyl groups is 1. The van der Waals surface area contributed by atoms with Crippen molar-refractivity contribution < 1.29 is 19.3 Å². The minimum Gasteiger partial charge on any atom is -0.394 e. The number of unbranched alkanes of at least 4 members (excludes halogenated alkanes) is 4. The van der Waals surface area contributed by atoms with Crippen molar-refractivity contribution in [2.75, 3.05) is 46.2 Å². The molecule has 1 unspecified atom stereocenters. The largest absolute Gasteiger partial charge is 0.394 e. The van der Waals surface area contributed by atoms with E-state index >= 15 is 0 Å². The summed E-state index contributed by atoms with van der Waals surface area (Å²) < 4.78 is 16.0. The number of aliphatic hydroxyl groups excluding tert-OH is 1. The van der Waals surface area contributed by atoms with Crippen molar-refractivity contribution in [1.82, 2.24) is 0 Å². The lowest BCUT2D eigenvalue weighted by molar-refractivity contribution is 0.00719. The summed E-state index contributed by atoms with van der Waals surface area (Å²) in [6.45, 7) is 8.34. The van der Waals surface area contributed by atoms with E-state index in [0.717, 1.165) is 18.9 Å². The van der Waals surface area contributed by atoms with Crippen LogP contribution in [0.25, 0.3) is 0 Å². The molecule has 0 aromatic carbocycles. The Morgan fingerprint density at radius 2 is 1.23 bits per heavy atom. The minimum atomic E-state index is 0.0703. The van der Waals surface area contributed by atoms with Crippen LogP contribution in [0.1, 0.15) is 65.2 Å². The van der Waals surface area contributed by atoms with Gasteiger partial charge in [-0.05, 0) is 12.3 Å². The summed E-state index contributed by atoms with van der Waals surface area (Å²) in [7, 11) is 0. The van der Waals surface area contributed by atoms with Crippen LogP contribution >= 0.6 is 0 Å². The molecule has 0 radical (unpaired) electrons. The maximum atomic E-state index is 8.52. The van der Waals surface area contributed by atoms with Gasteiger partial charge < -0.3 is 19.3 Å². The molecule has 0 heterocycles. The lowest BCUT2D eigenvalue weighted by Crippen LogP contribution is -2.11. The molecule has 0 aliphatic carbocycles. The predicted molar refractivity (Wildman–Crippen MR) is 91.3 cm³/mol. The Morgan fingerprint density at radius 1 is 0.682 bits per heavy atom. The lowest BCUT2D eigenvalue weighted by Gasteiger charge is -2.09. The van der Waals surface area contributed by atoms with Crippen molar-refractivity contribution in [1.29, 1.82) is 0 Å². The second kappa shape index (κ2) is 18.9. The fraction of sp³-hybridized carbons (Fsp3) is 1.00. The highest BCUT2D eigenvalue weighted by atomic mass is 16.5. The van der Waals surface area contributed by atoms with Crippen LogP contribution in [-0.4, -0.2) is 51.4 Å². The first kappa shape index (κ1) is 21.8. The quantitative estimate of drug-likeness (QED) is 0.390. The highest BCUT2D eigenvalue weighted by molar-refractivity contribution is 4.53. The van der Waals surface area contributed by atoms with Crippen LogP contribution in [0, 0.1) is 5.92 Å². The summed E-state index contributed by atoms with van der Waals surface area (Å²) in [5.74, 6) is 0.905. The Kier molecular flexibility index (Phi) is 18.8. The molecular weight excluding hydrogens is 280 g/mol. The average molecular weight is 318 g/mol. The Bertz CT molecular complexity index is 200. The van der Waals surface area contributed by atoms with Crippen molar-refractivity contribution in [2.24, 2.45) is 5.92 Å². The summed E-state index contributed by atoms with van der Waals surface area (Å²) in [4.78, 5) is 0. The van der Waals surface area contributed by atoms with Crippen molar-refractivity contribution in [3.05, 3.63) is 0 Å². The molecule has 1 atom stereocenters. The Balaban J connectivity index is 3.00. The first-order valence-electron chi connectivity index (χ1n) is 9.15. The average Bonchev–Trinajstić information content (AvgIpc) is 2.51. The maximum Gasteiger partial charge on any atom is 0.0701 e. The normalized spacial score (nSPS) is 12.7. The molecule has 1 N–H and O–H groups in total. The van der Waals surface area contributed by atoms with Gasteiger partial charge in [-0.1, -0.05) is 58.8 Å². The molecule has 0 bridgehead atoms. The van der Waals surface area contributed by atoms with Crippen molar-refractivity contribution in [3.63, 3.8) is 0 Å². The summed E-state index contributed by atoms with van der Waals surface area (Å²) in [5, 5.41) is 8.52. The Labute approximate surface area is 137 Å². The Morgan fingerprint density at radius 3 is 1.86 bits per heavy atom. The zero-order valence-electron chi connectivity index (χ0n) is 14.9. The molecule has 0 saturated heterocycles. The monoisotopic (exact) mass is 318 g/mol. The number of rotatable bonds is 18. The standard InChI is InChI=1S/C18H38O4/c1-3-9-18(2)10-7-5-4-6-8-12-20-14-16-22-17-15-21-13-11-19/h18-19H,3-17H2,1-2H3. The third-order valence-corrected chi connectivity index (χ3v) is 3.75. The number of ether oxygens (including phenoxy) is 3. The van der Waals surface area contributed by atoms with Crippen molar-refractivity contribution in [2.45, 2.75) is 65.2 Å². The van der Waals surface area contributed by atoms with Crippen LogP contribution in [0.2, 0.25) is 0 Å². The molecule has 0 aromatic heterocycles. The van der Waals surface area contributed by atoms with Crippen LogP contribution in [0.3, 0.4) is 0 Å². The number of hydrogen-bond acceptors (Lipinski definition) is 4. The third-order valence-electron chi connectivity index (χ3n) is 3.75. The second-order valence-electron chi connectivity index (χ2n) is 6.01. The molecule has 0 spiro atoms. The van der Waals surface area contributed by atoms with Gasteiger partial charge >= 0.3 is 0 Å². The van der Waals surface area contributed by atoms with E-state index in [1.54, 1.807) is 0 Å². The zero-order valence-corrected chi connectivity index (χ0v) is 14.9. The Hall–Kier alpha value is -0.160. The van der Waals surface area contributed by atoms with Gasteiger partial charge in [0, 0.05) is 6.61 Å². The van der Waals surface area contributed by atoms with E-state index in [1.807, 2.05) is 0 Å². The molecule has 4 heteroatoms. The van der Waals surface area contributed by atoms with Gasteiger partial charge in [-0.25, -0.2) is 0 Å². The molecule has 0 amide bonds. The highest BCUT2D eigenvalue weighted by Crippen LogP contribution is 2.15. The minimum absolute atomic E-state index is 0.0703. The van der Waals surface area contributed by atoms with Gasteiger partial charge in [-0.15, -0.1) is 0 Å². The van der Waals surface area contributed by atoms with Gasteiger partial charge in [0.25, 0.3) is 0 Å². The van der Waals surface area contributed by atoms with Crippen LogP contribution in [0.4, 0.5) is 0 Å². The van der Waals surface area contributed by atoms with E-state index in [9.17, 15) is 0 Å². The van der Waals surface area contributed by atoms with E-state index in [2.05, 4.69) is 13.8 Å². The second-order valence-corrected chi connectivity index (χ2v) is 6.01. The van der Waals surface area contributed by atoms with Gasteiger partial charge in [-0.2, -0.15) is 0 Å². The molecule has 0 saturated carbocycles. The highest BCUT2D eigenvalue weighted by Gasteiger charge is 2.00. The summed E-state index contributed by atoms with van der Waals surface area (Å²) >= 11 is 0. The summed E-state index contributed by atoms with van der Waals surface area (Å²) in [5.41, 5.74) is 0. The van der Waals surface area contributed by atoms with E-state index in [0.29, 0.717) is 33.0 Å². The smallest absolute Gasteiger partial charge is 0.0701 e. The molecule has 0 aromatic rings. The molecule has 0 aliphatic heterocycles. The first-order chi connectivity index (χ1) is 10.8. The summed E-state index contributed by atoms with van der Waals surface area (Å²) in [6, 6.07) is 0. The van der Waals surface area contributed by atoms with E-state index < -0.39 is 0 Å². The van der Waals surface area contributed by atoms with Crippen LogP contribution in [0.15, 0.2) is 0 Å². The summed E-state index contributed by atoms with van der Waals surface area (Å²) in [6.07, 6.45) is 10.6. The lowest BCUT2D eigenvalue weighted by atomic mass is 9.98. The van der Waals surface area contributed by atoms with Gasteiger partial charge in [0.05, 0.1) is 39.6 Å². The van der Waals surface area contributed by atoms with E-state index in [1.165, 1.54) is 44.9 Å². The van der Waals surface area contributed by atoms with Crippen LogP contribution in [-0.2, 0) is 14.2 Å². The van der Waals surface area contributed by atoms with Crippen LogP contribution < -0.4 is 0 Å². The zero-order chi connectivity index (χ0) is 16.3. The molecular formula is C18H38O4. The van der Waals surface area contributed by atoms with E-state index in [4.69, 9.17) is 19.3 Å². The predicted octanol–water partition coefficient (Wildman–Crippen LogP) is 3.81. The molecule has 4 nitrogen and oxygen atoms in total. The van der Waals surface area contributed by atoms with Crippen molar-refractivity contribution >= 4 is 0 Å². The SMILES string of the molecule is CCCC(C)CCCCCCCOCCOCCOCCO. The first-order valence-corrected chi connectivity index (χ1v) is 9.15. The van der Waals surface area contributed by atoms with E-state index in [-0.39, 0.29) is 6.61 Å². The van der Waals surface area contributed by atoms with Gasteiger partial charge in [0.15, 0.2) is 0 Å². The van der Waals surface area contributed by atoms with Crippen molar-refractivity contribution in [3.8, 4) is 0 Å². The maximum absolute atomic E-state index is 8.52. The molecule has 22 heavy (non-hydrogen) atoms. The molecule has 0 aliphatic rings. The number of hydrogen-bond donors (Lipinski definition) is 1. The fourth-order valence-electron chi connectivity index (χ4n) is 2.47. The molecule has 134 valence electrons. The topological polar surface area (TPSA) is 47.9 Å². The van der Waals surface area contributed by atoms with Gasteiger partial charge in [-0.3, -0.25) is 0 Å². The van der Waals surface area contributed by atoms with Gasteiger partial charge in [0.1, 0.15) is 0 Å². The van der Waals surface area contributed by atoms with Gasteiger partial charge in [0.2, 0.25) is 0 Å². The molecule has 0 fully saturated rings.